The SMILES string of the molecule is CC(Nc1cccc(F)c1C(N)=O)(C(=O)O)C1CC1. The highest BCUT2D eigenvalue weighted by atomic mass is 19.1. The fourth-order valence-corrected chi connectivity index (χ4v) is 2.15. The van der Waals surface area contributed by atoms with Gasteiger partial charge in [0.15, 0.2) is 0 Å². The minimum absolute atomic E-state index is 0.0333. The first-order valence-corrected chi connectivity index (χ1v) is 5.96. The zero-order valence-corrected chi connectivity index (χ0v) is 10.4. The summed E-state index contributed by atoms with van der Waals surface area (Å²) < 4.78 is 13.6. The molecule has 0 aromatic heterocycles. The van der Waals surface area contributed by atoms with E-state index in [1.807, 2.05) is 0 Å². The first-order valence-electron chi connectivity index (χ1n) is 5.96. The van der Waals surface area contributed by atoms with E-state index in [1.54, 1.807) is 0 Å². The minimum atomic E-state index is -1.22. The molecule has 0 spiro atoms. The van der Waals surface area contributed by atoms with Crippen molar-refractivity contribution in [1.82, 2.24) is 0 Å². The van der Waals surface area contributed by atoms with Crippen LogP contribution in [0.4, 0.5) is 10.1 Å². The van der Waals surface area contributed by atoms with Crippen LogP contribution in [-0.2, 0) is 4.79 Å². The van der Waals surface area contributed by atoms with Gasteiger partial charge in [0.25, 0.3) is 5.91 Å². The number of hydrogen-bond donors (Lipinski definition) is 3. The fourth-order valence-electron chi connectivity index (χ4n) is 2.15. The second kappa shape index (κ2) is 4.53. The largest absolute Gasteiger partial charge is 0.480 e. The van der Waals surface area contributed by atoms with E-state index in [0.29, 0.717) is 0 Å². The average Bonchev–Trinajstić information content (AvgIpc) is 3.11. The number of hydrogen-bond acceptors (Lipinski definition) is 3. The molecule has 5 nitrogen and oxygen atoms in total. The van der Waals surface area contributed by atoms with Crippen molar-refractivity contribution in [3.8, 4) is 0 Å². The maximum atomic E-state index is 13.6. The minimum Gasteiger partial charge on any atom is -0.480 e. The lowest BCUT2D eigenvalue weighted by Gasteiger charge is -2.28. The normalized spacial score (nSPS) is 17.6. The molecule has 0 radical (unpaired) electrons. The Hall–Kier alpha value is -2.11. The van der Waals surface area contributed by atoms with Crippen molar-refractivity contribution < 1.29 is 19.1 Å². The van der Waals surface area contributed by atoms with Gasteiger partial charge in [-0.2, -0.15) is 0 Å². The second-order valence-electron chi connectivity index (χ2n) is 4.93. The first kappa shape index (κ1) is 13.3. The number of rotatable bonds is 5. The molecule has 1 aliphatic rings. The zero-order valence-electron chi connectivity index (χ0n) is 10.4. The zero-order chi connectivity index (χ0) is 14.2. The highest BCUT2D eigenvalue weighted by Gasteiger charge is 2.48. The van der Waals surface area contributed by atoms with Crippen LogP contribution in [0.5, 0.6) is 0 Å². The van der Waals surface area contributed by atoms with Gasteiger partial charge < -0.3 is 16.2 Å². The number of carbonyl (C=O) groups excluding carboxylic acids is 1. The molecule has 1 fully saturated rings. The highest BCUT2D eigenvalue weighted by molar-refractivity contribution is 5.99. The number of carboxylic acid groups (broad SMARTS) is 1. The summed E-state index contributed by atoms with van der Waals surface area (Å²) >= 11 is 0. The van der Waals surface area contributed by atoms with Crippen molar-refractivity contribution >= 4 is 17.6 Å². The van der Waals surface area contributed by atoms with Gasteiger partial charge >= 0.3 is 5.97 Å². The van der Waals surface area contributed by atoms with Crippen LogP contribution in [0.15, 0.2) is 18.2 Å². The van der Waals surface area contributed by atoms with Gasteiger partial charge in [-0.05, 0) is 37.8 Å². The Bertz CT molecular complexity index is 543. The van der Waals surface area contributed by atoms with Crippen LogP contribution in [0.3, 0.4) is 0 Å². The van der Waals surface area contributed by atoms with Gasteiger partial charge in [-0.1, -0.05) is 6.07 Å². The number of halogens is 1. The molecule has 4 N–H and O–H groups in total. The number of nitrogens with two attached hydrogens (primary N) is 1. The molecular formula is C13H15FN2O3. The molecule has 2 rings (SSSR count). The maximum Gasteiger partial charge on any atom is 0.329 e. The third kappa shape index (κ3) is 2.38. The average molecular weight is 266 g/mol. The van der Waals surface area contributed by atoms with Crippen LogP contribution < -0.4 is 11.1 Å². The lowest BCUT2D eigenvalue weighted by atomic mass is 9.94. The standard InChI is InChI=1S/C13H15FN2O3/c1-13(12(18)19,7-5-6-7)16-9-4-2-3-8(14)10(9)11(15)17/h2-4,7,16H,5-6H2,1H3,(H2,15,17)(H,18,19). The maximum absolute atomic E-state index is 13.6. The molecule has 102 valence electrons. The van der Waals surface area contributed by atoms with E-state index in [2.05, 4.69) is 5.32 Å². The predicted octanol–water partition coefficient (Wildman–Crippen LogP) is 1.59. The summed E-state index contributed by atoms with van der Waals surface area (Å²) in [4.78, 5) is 22.7. The number of benzene rings is 1. The van der Waals surface area contributed by atoms with E-state index in [9.17, 15) is 19.1 Å². The lowest BCUT2D eigenvalue weighted by Crippen LogP contribution is -2.46. The van der Waals surface area contributed by atoms with Gasteiger partial charge in [-0.3, -0.25) is 4.79 Å². The van der Waals surface area contributed by atoms with Crippen molar-refractivity contribution in [1.29, 1.82) is 0 Å². The number of carboxylic acids is 1. The molecule has 1 amide bonds. The van der Waals surface area contributed by atoms with Crippen molar-refractivity contribution in [3.63, 3.8) is 0 Å². The highest BCUT2D eigenvalue weighted by Crippen LogP contribution is 2.42. The predicted molar refractivity (Wildman–Crippen MR) is 67.3 cm³/mol. The topological polar surface area (TPSA) is 92.4 Å². The Balaban J connectivity index is 2.40. The summed E-state index contributed by atoms with van der Waals surface area (Å²) in [7, 11) is 0. The van der Waals surface area contributed by atoms with Crippen LogP contribution >= 0.6 is 0 Å². The van der Waals surface area contributed by atoms with Gasteiger partial charge in [0.05, 0.1) is 11.3 Å². The molecule has 0 aliphatic heterocycles. The quantitative estimate of drug-likeness (QED) is 0.754. The molecule has 1 atom stereocenters. The smallest absolute Gasteiger partial charge is 0.329 e. The van der Waals surface area contributed by atoms with Crippen LogP contribution in [0.25, 0.3) is 0 Å². The number of anilines is 1. The molecule has 1 saturated carbocycles. The molecule has 1 unspecified atom stereocenters. The summed E-state index contributed by atoms with van der Waals surface area (Å²) in [5.41, 5.74) is 3.72. The summed E-state index contributed by atoms with van der Waals surface area (Å²) in [6, 6.07) is 3.96. The Morgan fingerprint density at radius 3 is 2.58 bits per heavy atom. The van der Waals surface area contributed by atoms with Crippen LogP contribution in [0.2, 0.25) is 0 Å². The molecule has 19 heavy (non-hydrogen) atoms. The molecule has 1 aromatic carbocycles. The van der Waals surface area contributed by atoms with E-state index in [1.165, 1.54) is 19.1 Å². The van der Waals surface area contributed by atoms with E-state index in [4.69, 9.17) is 5.73 Å². The van der Waals surface area contributed by atoms with Crippen LogP contribution in [0, 0.1) is 11.7 Å². The second-order valence-corrected chi connectivity index (χ2v) is 4.93. The van der Waals surface area contributed by atoms with Crippen LogP contribution in [-0.4, -0.2) is 22.5 Å². The van der Waals surface area contributed by atoms with E-state index in [0.717, 1.165) is 18.9 Å². The first-order chi connectivity index (χ1) is 8.86. The fraction of sp³-hybridized carbons (Fsp3) is 0.385. The van der Waals surface area contributed by atoms with Gasteiger partial charge in [-0.25, -0.2) is 9.18 Å². The molecular weight excluding hydrogens is 251 g/mol. The number of aliphatic carboxylic acids is 1. The van der Waals surface area contributed by atoms with Gasteiger partial charge in [0.1, 0.15) is 11.4 Å². The van der Waals surface area contributed by atoms with Crippen LogP contribution in [0.1, 0.15) is 30.1 Å². The third-order valence-corrected chi connectivity index (χ3v) is 3.49. The third-order valence-electron chi connectivity index (χ3n) is 3.49. The van der Waals surface area contributed by atoms with Crippen molar-refractivity contribution in [2.75, 3.05) is 5.32 Å². The van der Waals surface area contributed by atoms with Gasteiger partial charge in [0, 0.05) is 0 Å². The Morgan fingerprint density at radius 1 is 1.47 bits per heavy atom. The van der Waals surface area contributed by atoms with Gasteiger partial charge in [0.2, 0.25) is 0 Å². The molecule has 0 heterocycles. The number of primary amides is 1. The summed E-state index contributed by atoms with van der Waals surface area (Å²) in [6.45, 7) is 1.53. The Labute approximate surface area is 109 Å². The van der Waals surface area contributed by atoms with Gasteiger partial charge in [-0.15, -0.1) is 0 Å². The Morgan fingerprint density at radius 2 is 2.11 bits per heavy atom. The van der Waals surface area contributed by atoms with Crippen molar-refractivity contribution in [2.24, 2.45) is 11.7 Å². The number of nitrogens with one attached hydrogen (secondary N) is 1. The Kier molecular flexibility index (Phi) is 3.18. The van der Waals surface area contributed by atoms with Crippen molar-refractivity contribution in [3.05, 3.63) is 29.6 Å². The van der Waals surface area contributed by atoms with Crippen molar-refractivity contribution in [2.45, 2.75) is 25.3 Å². The number of carbonyl (C=O) groups is 2. The summed E-state index contributed by atoms with van der Waals surface area (Å²) in [6.07, 6.45) is 1.58. The molecule has 0 bridgehead atoms. The lowest BCUT2D eigenvalue weighted by molar-refractivity contribution is -0.142. The molecule has 1 aromatic rings. The monoisotopic (exact) mass is 266 g/mol. The summed E-state index contributed by atoms with van der Waals surface area (Å²) in [5.74, 6) is -2.76. The van der Waals surface area contributed by atoms with E-state index >= 15 is 0 Å². The molecule has 1 aliphatic carbocycles. The number of amides is 1. The van der Waals surface area contributed by atoms with E-state index in [-0.39, 0.29) is 17.2 Å². The summed E-state index contributed by atoms with van der Waals surface area (Å²) in [5, 5.41) is 12.1. The molecule has 6 heteroatoms. The van der Waals surface area contributed by atoms with E-state index < -0.39 is 23.2 Å². The molecule has 0 saturated heterocycles.